The molecule has 4 heteroatoms. The van der Waals surface area contributed by atoms with E-state index in [1.807, 2.05) is 0 Å². The van der Waals surface area contributed by atoms with Crippen LogP contribution in [0, 0.1) is 0 Å². The van der Waals surface area contributed by atoms with Crippen LogP contribution in [0.25, 0.3) is 0 Å². The van der Waals surface area contributed by atoms with E-state index in [0.717, 1.165) is 18.5 Å². The van der Waals surface area contributed by atoms with Crippen LogP contribution >= 0.6 is 11.6 Å². The van der Waals surface area contributed by atoms with Crippen LogP contribution in [0.2, 0.25) is 5.02 Å². The monoisotopic (exact) mass is 213 g/mol. The highest BCUT2D eigenvalue weighted by atomic mass is 35.5. The van der Waals surface area contributed by atoms with Gasteiger partial charge in [0.15, 0.2) is 0 Å². The van der Waals surface area contributed by atoms with Gasteiger partial charge in [-0.1, -0.05) is 11.6 Å². The number of halogens is 1. The predicted molar refractivity (Wildman–Crippen MR) is 54.4 cm³/mol. The van der Waals surface area contributed by atoms with Crippen molar-refractivity contribution in [2.45, 2.75) is 19.1 Å². The second-order valence-corrected chi connectivity index (χ2v) is 3.89. The van der Waals surface area contributed by atoms with Gasteiger partial charge in [0.2, 0.25) is 0 Å². The van der Waals surface area contributed by atoms with E-state index >= 15 is 0 Å². The largest absolute Gasteiger partial charge is 0.507 e. The summed E-state index contributed by atoms with van der Waals surface area (Å²) in [6.45, 7) is 0.775. The maximum absolute atomic E-state index is 9.79. The number of benzene rings is 1. The number of aliphatic hydroxyl groups is 1. The fraction of sp³-hybridized carbons (Fsp3) is 0.400. The van der Waals surface area contributed by atoms with Gasteiger partial charge in [-0.3, -0.25) is 0 Å². The number of nitrogens with one attached hydrogen (secondary N) is 1. The van der Waals surface area contributed by atoms with Crippen molar-refractivity contribution in [1.29, 1.82) is 0 Å². The Labute approximate surface area is 87.3 Å². The molecule has 76 valence electrons. The molecule has 1 aliphatic heterocycles. The molecule has 0 spiro atoms. The lowest BCUT2D eigenvalue weighted by Gasteiger charge is -2.29. The molecule has 0 saturated carbocycles. The van der Waals surface area contributed by atoms with Gasteiger partial charge < -0.3 is 15.5 Å². The van der Waals surface area contributed by atoms with Crippen molar-refractivity contribution in [2.75, 3.05) is 6.54 Å². The predicted octanol–water partition coefficient (Wildman–Crippen LogP) is 1.57. The van der Waals surface area contributed by atoms with Gasteiger partial charge in [0.25, 0.3) is 0 Å². The van der Waals surface area contributed by atoms with E-state index in [1.165, 1.54) is 0 Å². The van der Waals surface area contributed by atoms with Crippen LogP contribution in [0.4, 0.5) is 0 Å². The average molecular weight is 214 g/mol. The third-order valence-electron chi connectivity index (χ3n) is 2.55. The normalized spacial score (nSPS) is 20.6. The van der Waals surface area contributed by atoms with Crippen LogP contribution in [0.5, 0.6) is 5.75 Å². The summed E-state index contributed by atoms with van der Waals surface area (Å²) >= 11 is 5.88. The lowest BCUT2D eigenvalue weighted by Crippen LogP contribution is -2.35. The number of aromatic hydroxyl groups is 1. The summed E-state index contributed by atoms with van der Waals surface area (Å²) in [5.41, 5.74) is 1.27. The zero-order valence-corrected chi connectivity index (χ0v) is 8.38. The molecule has 0 bridgehead atoms. The Kier molecular flexibility index (Phi) is 2.63. The standard InChI is InChI=1S/C10H12ClNO2/c11-7-3-6(5-13)10(14)8(4-7)9-1-2-12-9/h3-4,9,12-14H,1-2,5H2. The van der Waals surface area contributed by atoms with E-state index in [2.05, 4.69) is 5.32 Å². The molecule has 0 aliphatic carbocycles. The Morgan fingerprint density at radius 2 is 2.21 bits per heavy atom. The van der Waals surface area contributed by atoms with Gasteiger partial charge in [-0.25, -0.2) is 0 Å². The van der Waals surface area contributed by atoms with Crippen LogP contribution in [0.15, 0.2) is 12.1 Å². The molecule has 3 nitrogen and oxygen atoms in total. The highest BCUT2D eigenvalue weighted by molar-refractivity contribution is 6.30. The molecule has 1 aliphatic rings. The van der Waals surface area contributed by atoms with Crippen LogP contribution in [-0.4, -0.2) is 16.8 Å². The van der Waals surface area contributed by atoms with Gasteiger partial charge >= 0.3 is 0 Å². The Bertz CT molecular complexity index is 350. The van der Waals surface area contributed by atoms with Crippen LogP contribution in [0.1, 0.15) is 23.6 Å². The Morgan fingerprint density at radius 3 is 2.71 bits per heavy atom. The minimum Gasteiger partial charge on any atom is -0.507 e. The van der Waals surface area contributed by atoms with Crippen molar-refractivity contribution in [3.05, 3.63) is 28.3 Å². The third kappa shape index (κ3) is 1.59. The quantitative estimate of drug-likeness (QED) is 0.699. The molecular weight excluding hydrogens is 202 g/mol. The van der Waals surface area contributed by atoms with Gasteiger partial charge in [-0.15, -0.1) is 0 Å². The molecule has 0 radical (unpaired) electrons. The Balaban J connectivity index is 2.41. The smallest absolute Gasteiger partial charge is 0.125 e. The number of hydrogen-bond donors (Lipinski definition) is 3. The van der Waals surface area contributed by atoms with Crippen molar-refractivity contribution in [3.8, 4) is 5.75 Å². The fourth-order valence-corrected chi connectivity index (χ4v) is 1.87. The molecule has 1 atom stereocenters. The third-order valence-corrected chi connectivity index (χ3v) is 2.77. The molecule has 2 rings (SSSR count). The van der Waals surface area contributed by atoms with Gasteiger partial charge in [-0.2, -0.15) is 0 Å². The Morgan fingerprint density at radius 1 is 1.50 bits per heavy atom. The summed E-state index contributed by atoms with van der Waals surface area (Å²) in [4.78, 5) is 0. The molecule has 0 amide bonds. The molecule has 14 heavy (non-hydrogen) atoms. The van der Waals surface area contributed by atoms with E-state index in [9.17, 15) is 5.11 Å². The van der Waals surface area contributed by atoms with Gasteiger partial charge in [0, 0.05) is 22.2 Å². The first-order valence-corrected chi connectivity index (χ1v) is 4.95. The minimum absolute atomic E-state index is 0.161. The second kappa shape index (κ2) is 3.77. The second-order valence-electron chi connectivity index (χ2n) is 3.46. The van der Waals surface area contributed by atoms with Crippen LogP contribution in [0.3, 0.4) is 0 Å². The van der Waals surface area contributed by atoms with E-state index in [0.29, 0.717) is 10.6 Å². The maximum atomic E-state index is 9.79. The SMILES string of the molecule is OCc1cc(Cl)cc(C2CCN2)c1O. The first kappa shape index (κ1) is 9.77. The summed E-state index contributed by atoms with van der Waals surface area (Å²) in [7, 11) is 0. The molecule has 3 N–H and O–H groups in total. The molecular formula is C10H12ClNO2. The molecule has 1 heterocycles. The summed E-state index contributed by atoms with van der Waals surface area (Å²) in [5, 5.41) is 22.5. The zero-order chi connectivity index (χ0) is 10.1. The van der Waals surface area contributed by atoms with Crippen LogP contribution < -0.4 is 5.32 Å². The maximum Gasteiger partial charge on any atom is 0.125 e. The molecule has 0 aromatic heterocycles. The van der Waals surface area contributed by atoms with Gasteiger partial charge in [-0.05, 0) is 25.1 Å². The van der Waals surface area contributed by atoms with Crippen molar-refractivity contribution >= 4 is 11.6 Å². The fourth-order valence-electron chi connectivity index (χ4n) is 1.62. The number of hydrogen-bond acceptors (Lipinski definition) is 3. The highest BCUT2D eigenvalue weighted by Gasteiger charge is 2.23. The summed E-state index contributed by atoms with van der Waals surface area (Å²) in [6, 6.07) is 3.50. The number of aliphatic hydroxyl groups excluding tert-OH is 1. The lowest BCUT2D eigenvalue weighted by atomic mass is 9.95. The van der Waals surface area contributed by atoms with Crippen molar-refractivity contribution in [1.82, 2.24) is 5.32 Å². The van der Waals surface area contributed by atoms with Crippen molar-refractivity contribution in [3.63, 3.8) is 0 Å². The summed E-state index contributed by atoms with van der Waals surface area (Å²) in [5.74, 6) is 0.161. The number of phenols is 1. The Hall–Kier alpha value is -0.770. The van der Waals surface area contributed by atoms with E-state index in [4.69, 9.17) is 16.7 Å². The van der Waals surface area contributed by atoms with Gasteiger partial charge in [0.1, 0.15) is 5.75 Å². The first-order valence-electron chi connectivity index (χ1n) is 4.58. The minimum atomic E-state index is -0.188. The van der Waals surface area contributed by atoms with E-state index < -0.39 is 0 Å². The van der Waals surface area contributed by atoms with E-state index in [-0.39, 0.29) is 18.4 Å². The first-order chi connectivity index (χ1) is 6.72. The zero-order valence-electron chi connectivity index (χ0n) is 7.63. The molecule has 1 unspecified atom stereocenters. The van der Waals surface area contributed by atoms with Crippen molar-refractivity contribution in [2.24, 2.45) is 0 Å². The summed E-state index contributed by atoms with van der Waals surface area (Å²) < 4.78 is 0. The average Bonchev–Trinajstić information content (AvgIpc) is 2.07. The molecule has 1 aromatic carbocycles. The highest BCUT2D eigenvalue weighted by Crippen LogP contribution is 2.35. The molecule has 1 saturated heterocycles. The molecule has 1 fully saturated rings. The number of rotatable bonds is 2. The summed E-state index contributed by atoms with van der Waals surface area (Å²) in [6.07, 6.45) is 0.999. The van der Waals surface area contributed by atoms with E-state index in [1.54, 1.807) is 12.1 Å². The van der Waals surface area contributed by atoms with Crippen LogP contribution in [-0.2, 0) is 6.61 Å². The van der Waals surface area contributed by atoms with Gasteiger partial charge in [0.05, 0.1) is 6.61 Å². The molecule has 1 aromatic rings. The topological polar surface area (TPSA) is 52.5 Å². The lowest BCUT2D eigenvalue weighted by molar-refractivity contribution is 0.273. The van der Waals surface area contributed by atoms with Crippen molar-refractivity contribution < 1.29 is 10.2 Å².